The second-order valence-electron chi connectivity index (χ2n) is 6.61. The molecule has 126 valence electrons. The highest BCUT2D eigenvalue weighted by Gasteiger charge is 2.16. The van der Waals surface area contributed by atoms with Crippen LogP contribution in [0.2, 0.25) is 0 Å². The van der Waals surface area contributed by atoms with Gasteiger partial charge in [0.2, 0.25) is 0 Å². The third-order valence-corrected chi connectivity index (χ3v) is 3.26. The zero-order chi connectivity index (χ0) is 17.6. The van der Waals surface area contributed by atoms with Crippen LogP contribution in [0.25, 0.3) is 0 Å². The minimum absolute atomic E-state index is 0.166. The van der Waals surface area contributed by atoms with Gasteiger partial charge in [-0.05, 0) is 57.0 Å². The van der Waals surface area contributed by atoms with Crippen molar-refractivity contribution in [2.45, 2.75) is 39.2 Å². The fourth-order valence-corrected chi connectivity index (χ4v) is 2.23. The second-order valence-corrected chi connectivity index (χ2v) is 6.61. The first kappa shape index (κ1) is 17.7. The van der Waals surface area contributed by atoms with Gasteiger partial charge in [0.05, 0.1) is 0 Å². The van der Waals surface area contributed by atoms with Crippen LogP contribution in [-0.4, -0.2) is 17.5 Å². The van der Waals surface area contributed by atoms with Gasteiger partial charge in [0.15, 0.2) is 0 Å². The van der Waals surface area contributed by atoms with Crippen LogP contribution >= 0.6 is 0 Å². The molecule has 0 fully saturated rings. The number of ether oxygens (including phenoxy) is 1. The zero-order valence-corrected chi connectivity index (χ0v) is 14.3. The van der Waals surface area contributed by atoms with Crippen molar-refractivity contribution in [2.75, 3.05) is 5.32 Å². The molecule has 0 unspecified atom stereocenters. The Labute approximate surface area is 142 Å². The number of para-hydroxylation sites is 1. The minimum atomic E-state index is -0.478. The van der Waals surface area contributed by atoms with Crippen molar-refractivity contribution in [1.82, 2.24) is 0 Å². The van der Waals surface area contributed by atoms with Gasteiger partial charge in [0, 0.05) is 17.7 Å². The number of carbonyl (C=O) groups is 2. The van der Waals surface area contributed by atoms with Crippen molar-refractivity contribution in [3.8, 4) is 0 Å². The molecule has 2 rings (SSSR count). The zero-order valence-electron chi connectivity index (χ0n) is 14.3. The molecule has 2 aromatic rings. The summed E-state index contributed by atoms with van der Waals surface area (Å²) in [6.07, 6.45) is 0.836. The largest absolute Gasteiger partial charge is 0.460 e. The summed E-state index contributed by atoms with van der Waals surface area (Å²) < 4.78 is 5.30. The monoisotopic (exact) mass is 325 g/mol. The molecule has 0 radical (unpaired) electrons. The predicted octanol–water partition coefficient (Wildman–Crippen LogP) is 4.21. The number of anilines is 1. The Kier molecular flexibility index (Phi) is 5.74. The van der Waals surface area contributed by atoms with E-state index in [1.807, 2.05) is 69.3 Å². The maximum absolute atomic E-state index is 12.3. The lowest BCUT2D eigenvalue weighted by atomic mass is 10.1. The van der Waals surface area contributed by atoms with Crippen LogP contribution in [0.15, 0.2) is 54.6 Å². The molecule has 4 heteroatoms. The van der Waals surface area contributed by atoms with E-state index in [-0.39, 0.29) is 11.9 Å². The fraction of sp³-hybridized carbons (Fsp3) is 0.300. The summed E-state index contributed by atoms with van der Waals surface area (Å²) >= 11 is 0. The molecule has 0 atom stereocenters. The number of hydrogen-bond acceptors (Lipinski definition) is 3. The highest BCUT2D eigenvalue weighted by Crippen LogP contribution is 2.13. The minimum Gasteiger partial charge on any atom is -0.460 e. The number of nitrogens with one attached hydrogen (secondary N) is 1. The maximum atomic E-state index is 12.3. The van der Waals surface area contributed by atoms with Gasteiger partial charge in [-0.1, -0.05) is 30.3 Å². The van der Waals surface area contributed by atoms with Crippen LogP contribution in [0.4, 0.5) is 5.69 Å². The van der Waals surface area contributed by atoms with E-state index in [0.717, 1.165) is 11.3 Å². The van der Waals surface area contributed by atoms with Crippen LogP contribution in [0.1, 0.15) is 43.1 Å². The summed E-state index contributed by atoms with van der Waals surface area (Å²) in [5.41, 5.74) is 1.78. The van der Waals surface area contributed by atoms with E-state index in [4.69, 9.17) is 4.74 Å². The molecule has 1 N–H and O–H groups in total. The van der Waals surface area contributed by atoms with Gasteiger partial charge in [-0.3, -0.25) is 9.59 Å². The van der Waals surface area contributed by atoms with Crippen molar-refractivity contribution < 1.29 is 14.3 Å². The summed E-state index contributed by atoms with van der Waals surface area (Å²) in [6, 6.07) is 16.6. The van der Waals surface area contributed by atoms with Crippen LogP contribution in [0.3, 0.4) is 0 Å². The van der Waals surface area contributed by atoms with E-state index in [2.05, 4.69) is 5.32 Å². The Hall–Kier alpha value is -2.62. The van der Waals surface area contributed by atoms with Crippen molar-refractivity contribution in [3.63, 3.8) is 0 Å². The molecule has 0 aliphatic rings. The average molecular weight is 325 g/mol. The molecular formula is C20H23NO3. The molecule has 0 aliphatic carbocycles. The lowest BCUT2D eigenvalue weighted by molar-refractivity contribution is -0.154. The second kappa shape index (κ2) is 7.77. The lowest BCUT2D eigenvalue weighted by Crippen LogP contribution is -2.24. The Balaban J connectivity index is 1.96. The molecule has 4 nitrogen and oxygen atoms in total. The van der Waals surface area contributed by atoms with Gasteiger partial charge in [0.1, 0.15) is 5.60 Å². The summed E-state index contributed by atoms with van der Waals surface area (Å²) in [5, 5.41) is 2.85. The molecule has 2 aromatic carbocycles. The third kappa shape index (κ3) is 5.88. The SMILES string of the molecule is CC(C)(C)OC(=O)CCc1cccc(C(=O)Nc2ccccc2)c1. The third-order valence-electron chi connectivity index (χ3n) is 3.26. The normalized spacial score (nSPS) is 11.0. The number of esters is 1. The molecule has 0 saturated carbocycles. The highest BCUT2D eigenvalue weighted by molar-refractivity contribution is 6.04. The standard InChI is InChI=1S/C20H23NO3/c1-20(2,3)24-18(22)13-12-15-8-7-9-16(14-15)19(23)21-17-10-5-4-6-11-17/h4-11,14H,12-13H2,1-3H3,(H,21,23). The van der Waals surface area contributed by atoms with Crippen LogP contribution in [0, 0.1) is 0 Å². The molecule has 24 heavy (non-hydrogen) atoms. The lowest BCUT2D eigenvalue weighted by Gasteiger charge is -2.19. The van der Waals surface area contributed by atoms with Crippen LogP contribution < -0.4 is 5.32 Å². The van der Waals surface area contributed by atoms with Crippen molar-refractivity contribution in [3.05, 3.63) is 65.7 Å². The first-order valence-corrected chi connectivity index (χ1v) is 8.01. The summed E-state index contributed by atoms with van der Waals surface area (Å²) in [4.78, 5) is 24.1. The van der Waals surface area contributed by atoms with Gasteiger partial charge < -0.3 is 10.1 Å². The highest BCUT2D eigenvalue weighted by atomic mass is 16.6. The maximum Gasteiger partial charge on any atom is 0.306 e. The van der Waals surface area contributed by atoms with Crippen molar-refractivity contribution in [1.29, 1.82) is 0 Å². The van der Waals surface area contributed by atoms with Gasteiger partial charge in [0.25, 0.3) is 5.91 Å². The Morgan fingerprint density at radius 3 is 2.38 bits per heavy atom. The Morgan fingerprint density at radius 2 is 1.71 bits per heavy atom. The summed E-state index contributed by atoms with van der Waals surface area (Å²) in [7, 11) is 0. The number of carbonyl (C=O) groups excluding carboxylic acids is 2. The molecule has 0 heterocycles. The van der Waals surface area contributed by atoms with Gasteiger partial charge in [-0.2, -0.15) is 0 Å². The van der Waals surface area contributed by atoms with Gasteiger partial charge in [-0.15, -0.1) is 0 Å². The summed E-state index contributed by atoms with van der Waals surface area (Å²) in [5.74, 6) is -0.401. The van der Waals surface area contributed by atoms with Gasteiger partial charge in [-0.25, -0.2) is 0 Å². The number of aryl methyl sites for hydroxylation is 1. The predicted molar refractivity (Wildman–Crippen MR) is 95.0 cm³/mol. The average Bonchev–Trinajstić information content (AvgIpc) is 2.52. The first-order valence-electron chi connectivity index (χ1n) is 8.01. The Morgan fingerprint density at radius 1 is 1.00 bits per heavy atom. The number of hydrogen-bond donors (Lipinski definition) is 1. The number of amides is 1. The van der Waals surface area contributed by atoms with Gasteiger partial charge >= 0.3 is 5.97 Å². The van der Waals surface area contributed by atoms with E-state index in [1.165, 1.54) is 0 Å². The topological polar surface area (TPSA) is 55.4 Å². The van der Waals surface area contributed by atoms with E-state index in [0.29, 0.717) is 18.4 Å². The number of rotatable bonds is 5. The molecule has 0 spiro atoms. The molecule has 1 amide bonds. The molecule has 0 aromatic heterocycles. The molecule has 0 aliphatic heterocycles. The van der Waals surface area contributed by atoms with Crippen LogP contribution in [0.5, 0.6) is 0 Å². The quantitative estimate of drug-likeness (QED) is 0.838. The molecule has 0 saturated heterocycles. The molecular weight excluding hydrogens is 302 g/mol. The molecule has 0 bridgehead atoms. The summed E-state index contributed by atoms with van der Waals surface area (Å²) in [6.45, 7) is 5.54. The van der Waals surface area contributed by atoms with Crippen molar-refractivity contribution >= 4 is 17.6 Å². The van der Waals surface area contributed by atoms with Crippen molar-refractivity contribution in [2.24, 2.45) is 0 Å². The first-order chi connectivity index (χ1) is 11.3. The van der Waals surface area contributed by atoms with Crippen LogP contribution in [-0.2, 0) is 16.0 Å². The van der Waals surface area contributed by atoms with E-state index in [9.17, 15) is 9.59 Å². The number of benzene rings is 2. The Bertz CT molecular complexity index is 702. The fourth-order valence-electron chi connectivity index (χ4n) is 2.23. The van der Waals surface area contributed by atoms with E-state index in [1.54, 1.807) is 6.07 Å². The smallest absolute Gasteiger partial charge is 0.306 e. The van der Waals surface area contributed by atoms with E-state index >= 15 is 0 Å². The van der Waals surface area contributed by atoms with E-state index < -0.39 is 5.60 Å².